The molecule has 2 N–H and O–H groups in total. The molecule has 28 heavy (non-hydrogen) atoms. The molecule has 0 spiro atoms. The number of aryl methyl sites for hydroxylation is 1. The smallest absolute Gasteiger partial charge is 0.254 e. The molecule has 2 heterocycles. The molecule has 150 valence electrons. The van der Waals surface area contributed by atoms with Crippen molar-refractivity contribution in [3.8, 4) is 0 Å². The lowest BCUT2D eigenvalue weighted by atomic mass is 9.64. The molecule has 4 rings (SSSR count). The second kappa shape index (κ2) is 7.88. The molecule has 1 saturated carbocycles. The molecule has 1 fully saturated rings. The Kier molecular flexibility index (Phi) is 5.64. The van der Waals surface area contributed by atoms with Crippen molar-refractivity contribution in [1.29, 1.82) is 0 Å². The highest BCUT2D eigenvalue weighted by atomic mass is 79.9. The first-order valence-corrected chi connectivity index (χ1v) is 12.1. The van der Waals surface area contributed by atoms with Gasteiger partial charge in [0.05, 0.1) is 12.1 Å². The summed E-state index contributed by atoms with van der Waals surface area (Å²) in [5.74, 6) is 0.00565. The fourth-order valence-electron chi connectivity index (χ4n) is 4.19. The van der Waals surface area contributed by atoms with Gasteiger partial charge >= 0.3 is 0 Å². The Bertz CT molecular complexity index is 911. The number of carbonyl (C=O) groups is 2. The molecule has 0 aliphatic heterocycles. The lowest BCUT2D eigenvalue weighted by Gasteiger charge is -2.41. The van der Waals surface area contributed by atoms with Crippen LogP contribution in [0.25, 0.3) is 0 Å². The molecule has 0 unspecified atom stereocenters. The lowest BCUT2D eigenvalue weighted by Crippen LogP contribution is -2.39. The van der Waals surface area contributed by atoms with Crippen molar-refractivity contribution >= 4 is 55.4 Å². The van der Waals surface area contributed by atoms with Gasteiger partial charge < -0.3 is 10.6 Å². The summed E-state index contributed by atoms with van der Waals surface area (Å²) in [6.07, 6.45) is 7.72. The van der Waals surface area contributed by atoms with Crippen LogP contribution in [0, 0.1) is 11.3 Å². The van der Waals surface area contributed by atoms with Gasteiger partial charge in [-0.05, 0) is 65.4 Å². The molecule has 0 atom stereocenters. The Morgan fingerprint density at radius 3 is 2.68 bits per heavy atom. The Morgan fingerprint density at radius 2 is 2.00 bits per heavy atom. The topological polar surface area (TPSA) is 71.1 Å². The highest BCUT2D eigenvalue weighted by molar-refractivity contribution is 9.11. The van der Waals surface area contributed by atoms with Crippen molar-refractivity contribution in [1.82, 2.24) is 10.3 Å². The number of hydrogen-bond donors (Lipinski definition) is 2. The van der Waals surface area contributed by atoms with Gasteiger partial charge in [0.2, 0.25) is 5.91 Å². The van der Waals surface area contributed by atoms with E-state index in [0.717, 1.165) is 57.9 Å². The molecule has 0 saturated heterocycles. The maximum Gasteiger partial charge on any atom is 0.254 e. The fourth-order valence-corrected chi connectivity index (χ4v) is 6.78. The average molecular weight is 482 g/mol. The van der Waals surface area contributed by atoms with E-state index in [-0.39, 0.29) is 23.1 Å². The number of amides is 2. The van der Waals surface area contributed by atoms with Crippen molar-refractivity contribution < 1.29 is 9.59 Å². The third kappa shape index (κ3) is 4.19. The monoisotopic (exact) mass is 481 g/mol. The summed E-state index contributed by atoms with van der Waals surface area (Å²) in [5.41, 5.74) is 2.05. The normalized spacial score (nSPS) is 18.2. The number of carbonyl (C=O) groups excluding carboxylic acids is 2. The first-order chi connectivity index (χ1) is 13.3. The van der Waals surface area contributed by atoms with Crippen molar-refractivity contribution in [3.05, 3.63) is 31.0 Å². The van der Waals surface area contributed by atoms with Crippen LogP contribution in [0.1, 0.15) is 65.2 Å². The first kappa shape index (κ1) is 20.0. The van der Waals surface area contributed by atoms with Gasteiger partial charge in [0, 0.05) is 21.9 Å². The maximum absolute atomic E-state index is 13.0. The maximum atomic E-state index is 13.0. The third-order valence-electron chi connectivity index (χ3n) is 5.55. The zero-order chi connectivity index (χ0) is 19.9. The Morgan fingerprint density at radius 1 is 1.25 bits per heavy atom. The molecule has 2 aromatic rings. The minimum Gasteiger partial charge on any atom is -0.347 e. The zero-order valence-corrected chi connectivity index (χ0v) is 19.3. The quantitative estimate of drug-likeness (QED) is 0.619. The van der Waals surface area contributed by atoms with E-state index in [9.17, 15) is 9.59 Å². The fraction of sp³-hybridized carbons (Fsp3) is 0.550. The molecule has 0 aromatic carbocycles. The van der Waals surface area contributed by atoms with Crippen LogP contribution in [0.5, 0.6) is 0 Å². The molecule has 2 aromatic heterocycles. The van der Waals surface area contributed by atoms with Crippen LogP contribution in [-0.4, -0.2) is 16.8 Å². The van der Waals surface area contributed by atoms with Crippen molar-refractivity contribution in [2.45, 2.75) is 58.9 Å². The Hall–Kier alpha value is -1.25. The van der Waals surface area contributed by atoms with Gasteiger partial charge in [-0.3, -0.25) is 9.59 Å². The standard InChI is InChI=1S/C20H24BrN3O2S2/c1-20(2)7-11(8-20)16(25)24-18-15(13-5-3-4-6-14(13)28-18)17(26)22-9-12-10-23-19(21)27-12/h10-11H,3-9H2,1-2H3,(H,22,26)(H,24,25). The number of nitrogens with zero attached hydrogens (tertiary/aromatic N) is 1. The number of nitrogens with one attached hydrogen (secondary N) is 2. The van der Waals surface area contributed by atoms with E-state index in [4.69, 9.17) is 0 Å². The minimum atomic E-state index is -0.104. The minimum absolute atomic E-state index is 0.0540. The van der Waals surface area contributed by atoms with Crippen molar-refractivity contribution in [2.75, 3.05) is 5.32 Å². The summed E-state index contributed by atoms with van der Waals surface area (Å²) in [4.78, 5) is 32.1. The van der Waals surface area contributed by atoms with Gasteiger partial charge in [-0.15, -0.1) is 22.7 Å². The number of anilines is 1. The van der Waals surface area contributed by atoms with Gasteiger partial charge in [-0.25, -0.2) is 4.98 Å². The number of thiophene rings is 1. The molecular weight excluding hydrogens is 458 g/mol. The highest BCUT2D eigenvalue weighted by Gasteiger charge is 2.40. The summed E-state index contributed by atoms with van der Waals surface area (Å²) < 4.78 is 0.807. The molecule has 8 heteroatoms. The molecular formula is C20H24BrN3O2S2. The third-order valence-corrected chi connectivity index (χ3v) is 8.24. The van der Waals surface area contributed by atoms with E-state index in [1.54, 1.807) is 17.5 Å². The first-order valence-electron chi connectivity index (χ1n) is 9.66. The second-order valence-corrected chi connectivity index (χ2v) is 11.9. The zero-order valence-electron chi connectivity index (χ0n) is 16.1. The predicted octanol–water partition coefficient (Wildman–Crippen LogP) is 5.15. The molecule has 0 radical (unpaired) electrons. The molecule has 5 nitrogen and oxygen atoms in total. The van der Waals surface area contributed by atoms with Crippen molar-refractivity contribution in [3.63, 3.8) is 0 Å². The van der Waals surface area contributed by atoms with Gasteiger partial charge in [-0.1, -0.05) is 13.8 Å². The Labute approximate surface area is 181 Å². The predicted molar refractivity (Wildman–Crippen MR) is 117 cm³/mol. The van der Waals surface area contributed by atoms with Crippen LogP contribution in [0.2, 0.25) is 0 Å². The molecule has 2 aliphatic carbocycles. The summed E-state index contributed by atoms with van der Waals surface area (Å²) in [5, 5.41) is 6.83. The second-order valence-electron chi connectivity index (χ2n) is 8.44. The SMILES string of the molecule is CC1(C)CC(C(=O)Nc2sc3c(c2C(=O)NCc2cnc(Br)s2)CCCC3)C1. The van der Waals surface area contributed by atoms with Crippen LogP contribution in [0.15, 0.2) is 10.1 Å². The number of thiazole rings is 1. The molecule has 0 bridgehead atoms. The number of halogens is 1. The van der Waals surface area contributed by atoms with Crippen LogP contribution in [0.3, 0.4) is 0 Å². The van der Waals surface area contributed by atoms with E-state index in [1.807, 2.05) is 0 Å². The van der Waals surface area contributed by atoms with Gasteiger partial charge in [0.1, 0.15) is 5.00 Å². The van der Waals surface area contributed by atoms with E-state index >= 15 is 0 Å². The van der Waals surface area contributed by atoms with Crippen LogP contribution in [-0.2, 0) is 24.2 Å². The number of hydrogen-bond acceptors (Lipinski definition) is 5. The highest BCUT2D eigenvalue weighted by Crippen LogP contribution is 2.46. The summed E-state index contributed by atoms with van der Waals surface area (Å²) in [7, 11) is 0. The molecule has 2 amide bonds. The van der Waals surface area contributed by atoms with E-state index in [1.165, 1.54) is 16.2 Å². The van der Waals surface area contributed by atoms with E-state index in [2.05, 4.69) is 45.4 Å². The largest absolute Gasteiger partial charge is 0.347 e. The number of aromatic nitrogens is 1. The van der Waals surface area contributed by atoms with Crippen LogP contribution < -0.4 is 10.6 Å². The van der Waals surface area contributed by atoms with E-state index < -0.39 is 0 Å². The average Bonchev–Trinajstić information content (AvgIpc) is 3.20. The number of rotatable bonds is 5. The lowest BCUT2D eigenvalue weighted by molar-refractivity contribution is -0.126. The summed E-state index contributed by atoms with van der Waals surface area (Å²) in [6.45, 7) is 4.82. The Balaban J connectivity index is 1.52. The summed E-state index contributed by atoms with van der Waals surface area (Å²) >= 11 is 6.44. The molecule has 2 aliphatic rings. The van der Waals surface area contributed by atoms with Gasteiger partial charge in [-0.2, -0.15) is 0 Å². The van der Waals surface area contributed by atoms with Gasteiger partial charge in [0.15, 0.2) is 3.92 Å². The van der Waals surface area contributed by atoms with E-state index in [0.29, 0.717) is 12.1 Å². The van der Waals surface area contributed by atoms with Crippen LogP contribution in [0.4, 0.5) is 5.00 Å². The van der Waals surface area contributed by atoms with Crippen LogP contribution >= 0.6 is 38.6 Å². The number of fused-ring (bicyclic) bond motifs is 1. The summed E-state index contributed by atoms with van der Waals surface area (Å²) in [6, 6.07) is 0. The van der Waals surface area contributed by atoms with Gasteiger partial charge in [0.25, 0.3) is 5.91 Å². The van der Waals surface area contributed by atoms with Crippen molar-refractivity contribution in [2.24, 2.45) is 11.3 Å².